The molecule has 15 nitrogen and oxygen atoms in total. The number of hydrogen-bond donors (Lipinski definition) is 7. The van der Waals surface area contributed by atoms with E-state index < -0.39 is 92.7 Å². The molecular weight excluding hydrogens is 672 g/mol. The molecule has 11 unspecified atom stereocenters. The van der Waals surface area contributed by atoms with Crippen molar-refractivity contribution in [3.63, 3.8) is 0 Å². The molecule has 2 fully saturated rings. The van der Waals surface area contributed by atoms with E-state index in [-0.39, 0.29) is 26.1 Å². The summed E-state index contributed by atoms with van der Waals surface area (Å²) in [5, 5.41) is 71.4. The second-order valence-corrected chi connectivity index (χ2v) is 13.8. The fourth-order valence-electron chi connectivity index (χ4n) is 6.04. The molecule has 0 bridgehead atoms. The van der Waals surface area contributed by atoms with Gasteiger partial charge in [0.05, 0.1) is 19.8 Å². The van der Waals surface area contributed by atoms with Gasteiger partial charge in [0, 0.05) is 12.8 Å². The molecule has 51 heavy (non-hydrogen) atoms. The lowest BCUT2D eigenvalue weighted by Crippen LogP contribution is -2.61. The van der Waals surface area contributed by atoms with Gasteiger partial charge in [-0.3, -0.25) is 9.59 Å². The van der Waals surface area contributed by atoms with Crippen LogP contribution >= 0.6 is 0 Å². The van der Waals surface area contributed by atoms with Gasteiger partial charge in [-0.1, -0.05) is 97.3 Å². The lowest BCUT2D eigenvalue weighted by atomic mass is 9.98. The monoisotopic (exact) mass is 738 g/mol. The van der Waals surface area contributed by atoms with Crippen molar-refractivity contribution in [1.82, 2.24) is 0 Å². The van der Waals surface area contributed by atoms with E-state index in [4.69, 9.17) is 28.4 Å². The van der Waals surface area contributed by atoms with Crippen LogP contribution in [0, 0.1) is 0 Å². The van der Waals surface area contributed by atoms with E-state index in [1.54, 1.807) is 0 Å². The van der Waals surface area contributed by atoms with Gasteiger partial charge < -0.3 is 64.2 Å². The number of hydrogen-bond acceptors (Lipinski definition) is 15. The third-order valence-corrected chi connectivity index (χ3v) is 9.34. The zero-order valence-corrected chi connectivity index (χ0v) is 30.6. The van der Waals surface area contributed by atoms with Crippen LogP contribution in [-0.2, 0) is 38.0 Å². The molecule has 0 amide bonds. The zero-order chi connectivity index (χ0) is 37.6. The summed E-state index contributed by atoms with van der Waals surface area (Å²) in [6.07, 6.45) is -0.713. The summed E-state index contributed by atoms with van der Waals surface area (Å²) in [5.74, 6) is -0.935. The minimum absolute atomic E-state index is 0.169. The number of rotatable bonds is 27. The first-order chi connectivity index (χ1) is 24.5. The highest BCUT2D eigenvalue weighted by atomic mass is 16.7. The minimum atomic E-state index is -1.75. The molecule has 0 saturated carbocycles. The molecule has 0 spiro atoms. The maximum atomic E-state index is 12.7. The van der Waals surface area contributed by atoms with E-state index in [9.17, 15) is 45.3 Å². The first kappa shape index (κ1) is 45.7. The minimum Gasteiger partial charge on any atom is -0.462 e. The Labute approximate surface area is 302 Å². The summed E-state index contributed by atoms with van der Waals surface area (Å²) >= 11 is 0. The Hall–Kier alpha value is -1.50. The Morgan fingerprint density at radius 3 is 1.53 bits per heavy atom. The van der Waals surface area contributed by atoms with Gasteiger partial charge >= 0.3 is 11.9 Å². The van der Waals surface area contributed by atoms with Gasteiger partial charge in [0.2, 0.25) is 0 Å². The average Bonchev–Trinajstić information content (AvgIpc) is 3.12. The van der Waals surface area contributed by atoms with E-state index in [2.05, 4.69) is 13.8 Å². The van der Waals surface area contributed by atoms with Crippen LogP contribution in [0.15, 0.2) is 0 Å². The Kier molecular flexibility index (Phi) is 23.5. The molecule has 0 aromatic rings. The fourth-order valence-corrected chi connectivity index (χ4v) is 6.04. The molecule has 300 valence electrons. The van der Waals surface area contributed by atoms with Gasteiger partial charge in [0.1, 0.15) is 55.4 Å². The maximum absolute atomic E-state index is 12.7. The van der Waals surface area contributed by atoms with E-state index in [1.807, 2.05) is 0 Å². The molecule has 15 heteroatoms. The molecule has 2 aliphatic heterocycles. The number of carbonyl (C=O) groups excluding carboxylic acids is 2. The lowest BCUT2D eigenvalue weighted by molar-refractivity contribution is -0.332. The Bertz CT molecular complexity index is 923. The Morgan fingerprint density at radius 1 is 0.549 bits per heavy atom. The highest BCUT2D eigenvalue weighted by molar-refractivity contribution is 5.70. The molecule has 0 radical (unpaired) electrons. The second kappa shape index (κ2) is 26.3. The molecule has 2 aliphatic rings. The standard InChI is InChI=1S/C36H66O15/c1-3-5-7-9-11-13-15-17-19-28(39)49-24(21-46-27(38)18-16-14-12-10-8-6-4-2)22-47-35-34(45)32(43)30(41)26(51-35)23-48-36-33(44)31(42)29(40)25(20-37)50-36/h24-26,29-37,40-45H,3-23H2,1-2H3. The van der Waals surface area contributed by atoms with Gasteiger partial charge in [-0.05, 0) is 12.8 Å². The van der Waals surface area contributed by atoms with Crippen molar-refractivity contribution in [2.75, 3.05) is 26.4 Å². The number of carbonyl (C=O) groups is 2. The van der Waals surface area contributed by atoms with Crippen LogP contribution in [0.1, 0.15) is 123 Å². The van der Waals surface area contributed by atoms with Crippen molar-refractivity contribution in [3.8, 4) is 0 Å². The first-order valence-electron chi connectivity index (χ1n) is 19.1. The van der Waals surface area contributed by atoms with Crippen LogP contribution in [0.2, 0.25) is 0 Å². The summed E-state index contributed by atoms with van der Waals surface area (Å²) in [4.78, 5) is 25.2. The summed E-state index contributed by atoms with van der Waals surface area (Å²) in [5.41, 5.74) is 0. The predicted octanol–water partition coefficient (Wildman–Crippen LogP) is 1.75. The van der Waals surface area contributed by atoms with Gasteiger partial charge in [-0.25, -0.2) is 0 Å². The van der Waals surface area contributed by atoms with Crippen LogP contribution in [0.5, 0.6) is 0 Å². The first-order valence-corrected chi connectivity index (χ1v) is 19.1. The SMILES string of the molecule is CCCCCCCCCCC(=O)OC(COC(=O)CCCCCCCCC)COC1OC(COC2OC(CO)C(O)C(O)C2O)C(O)C(O)C1O. The van der Waals surface area contributed by atoms with E-state index >= 15 is 0 Å². The molecular formula is C36H66O15. The third-order valence-electron chi connectivity index (χ3n) is 9.34. The highest BCUT2D eigenvalue weighted by Crippen LogP contribution is 2.26. The van der Waals surface area contributed by atoms with Crippen molar-refractivity contribution < 1.29 is 73.8 Å². The summed E-state index contributed by atoms with van der Waals surface area (Å²) in [7, 11) is 0. The van der Waals surface area contributed by atoms with Crippen molar-refractivity contribution in [2.24, 2.45) is 0 Å². The van der Waals surface area contributed by atoms with Crippen LogP contribution in [-0.4, -0.2) is 142 Å². The van der Waals surface area contributed by atoms with Crippen molar-refractivity contribution in [3.05, 3.63) is 0 Å². The molecule has 7 N–H and O–H groups in total. The topological polar surface area (TPSA) is 231 Å². The van der Waals surface area contributed by atoms with E-state index in [0.29, 0.717) is 12.8 Å². The Balaban J connectivity index is 1.93. The van der Waals surface area contributed by atoms with Crippen LogP contribution in [0.3, 0.4) is 0 Å². The second-order valence-electron chi connectivity index (χ2n) is 13.8. The van der Waals surface area contributed by atoms with E-state index in [1.165, 1.54) is 38.5 Å². The van der Waals surface area contributed by atoms with Gasteiger partial charge in [0.15, 0.2) is 18.7 Å². The van der Waals surface area contributed by atoms with Gasteiger partial charge in [0.25, 0.3) is 0 Å². The average molecular weight is 739 g/mol. The quantitative estimate of drug-likeness (QED) is 0.0470. The third kappa shape index (κ3) is 17.0. The number of ether oxygens (including phenoxy) is 6. The molecule has 2 saturated heterocycles. The number of aliphatic hydroxyl groups is 7. The van der Waals surface area contributed by atoms with Gasteiger partial charge in [-0.15, -0.1) is 0 Å². The smallest absolute Gasteiger partial charge is 0.306 e. The predicted molar refractivity (Wildman–Crippen MR) is 183 cm³/mol. The molecule has 0 aliphatic carbocycles. The molecule has 11 atom stereocenters. The van der Waals surface area contributed by atoms with E-state index in [0.717, 1.165) is 44.9 Å². The van der Waals surface area contributed by atoms with Crippen molar-refractivity contribution >= 4 is 11.9 Å². The van der Waals surface area contributed by atoms with Crippen LogP contribution in [0.25, 0.3) is 0 Å². The van der Waals surface area contributed by atoms with Crippen molar-refractivity contribution in [2.45, 2.75) is 191 Å². The number of aliphatic hydroxyl groups excluding tert-OH is 7. The molecule has 2 rings (SSSR count). The summed E-state index contributed by atoms with van der Waals surface area (Å²) < 4.78 is 33.1. The normalized spacial score (nSPS) is 30.2. The maximum Gasteiger partial charge on any atom is 0.306 e. The molecule has 0 aromatic carbocycles. The highest BCUT2D eigenvalue weighted by Gasteiger charge is 2.47. The lowest BCUT2D eigenvalue weighted by Gasteiger charge is -2.42. The summed E-state index contributed by atoms with van der Waals surface area (Å²) in [6.45, 7) is 2.45. The van der Waals surface area contributed by atoms with Gasteiger partial charge in [-0.2, -0.15) is 0 Å². The fraction of sp³-hybridized carbons (Fsp3) is 0.944. The van der Waals surface area contributed by atoms with Crippen LogP contribution < -0.4 is 0 Å². The van der Waals surface area contributed by atoms with Crippen LogP contribution in [0.4, 0.5) is 0 Å². The summed E-state index contributed by atoms with van der Waals surface area (Å²) in [6, 6.07) is 0. The number of unbranched alkanes of at least 4 members (excludes halogenated alkanes) is 13. The van der Waals surface area contributed by atoms with Crippen molar-refractivity contribution in [1.29, 1.82) is 0 Å². The number of esters is 2. The molecule has 0 aromatic heterocycles. The Morgan fingerprint density at radius 2 is 1.00 bits per heavy atom. The largest absolute Gasteiger partial charge is 0.462 e. The zero-order valence-electron chi connectivity index (χ0n) is 30.6. The molecule has 2 heterocycles.